The summed E-state index contributed by atoms with van der Waals surface area (Å²) in [6, 6.07) is 0. The van der Waals surface area contributed by atoms with E-state index < -0.39 is 26.5 Å². The van der Waals surface area contributed by atoms with Crippen molar-refractivity contribution < 1.29 is 37.6 Å². The van der Waals surface area contributed by atoms with E-state index in [0.717, 1.165) is 57.8 Å². The lowest BCUT2D eigenvalue weighted by Gasteiger charge is -2.19. The zero-order valence-corrected chi connectivity index (χ0v) is 39.7. The van der Waals surface area contributed by atoms with Gasteiger partial charge in [0.25, 0.3) is 0 Å². The third-order valence-electron chi connectivity index (χ3n) is 11.2. The van der Waals surface area contributed by atoms with Gasteiger partial charge in [-0.3, -0.25) is 18.6 Å². The smallest absolute Gasteiger partial charge is 0.462 e. The van der Waals surface area contributed by atoms with Gasteiger partial charge in [0.15, 0.2) is 6.10 Å². The maximum atomic E-state index is 12.6. The average molecular weight is 858 g/mol. The predicted octanol–water partition coefficient (Wildman–Crippen LogP) is 15.0. The molecule has 0 heterocycles. The SMILES string of the molecule is CCCCC/C=C\CCCCCCCC(=O)OC(COC(=O)CCCCCCCCCCCCCCCCCCCCCCCCCCCC)COP(=O)(O)OCCN. The van der Waals surface area contributed by atoms with E-state index in [1.165, 1.54) is 167 Å². The standard InChI is InChI=1S/C49H96NO8P/c1-3-5-7-9-11-13-15-17-18-19-20-21-22-23-24-25-26-27-28-29-30-32-33-35-37-39-41-48(51)55-45-47(46-57-59(53,54)56-44-43-50)58-49(52)42-40-38-36-34-31-16-14-12-10-8-6-4-2/h12,14,47H,3-11,13,15-46,50H2,1-2H3,(H,53,54)/b14-12-. The van der Waals surface area contributed by atoms with Crippen molar-refractivity contribution in [2.75, 3.05) is 26.4 Å². The molecular weight excluding hydrogens is 762 g/mol. The molecule has 0 radical (unpaired) electrons. The van der Waals surface area contributed by atoms with Crippen LogP contribution in [-0.2, 0) is 32.7 Å². The molecule has 59 heavy (non-hydrogen) atoms. The van der Waals surface area contributed by atoms with E-state index in [2.05, 4.69) is 26.0 Å². The Morgan fingerprint density at radius 3 is 1.24 bits per heavy atom. The Morgan fingerprint density at radius 2 is 0.831 bits per heavy atom. The van der Waals surface area contributed by atoms with Gasteiger partial charge in [-0.2, -0.15) is 0 Å². The summed E-state index contributed by atoms with van der Waals surface area (Å²) >= 11 is 0. The molecule has 0 rings (SSSR count). The largest absolute Gasteiger partial charge is 0.472 e. The summed E-state index contributed by atoms with van der Waals surface area (Å²) in [5.74, 6) is -0.825. The van der Waals surface area contributed by atoms with Gasteiger partial charge in [0.05, 0.1) is 13.2 Å². The minimum atomic E-state index is -4.37. The quantitative estimate of drug-likeness (QED) is 0.0265. The zero-order valence-electron chi connectivity index (χ0n) is 38.8. The molecule has 0 aliphatic rings. The minimum absolute atomic E-state index is 0.0549. The lowest BCUT2D eigenvalue weighted by Crippen LogP contribution is -2.29. The molecule has 0 saturated carbocycles. The second-order valence-corrected chi connectivity index (χ2v) is 18.5. The topological polar surface area (TPSA) is 134 Å². The summed E-state index contributed by atoms with van der Waals surface area (Å²) in [6.45, 7) is 3.74. The highest BCUT2D eigenvalue weighted by Crippen LogP contribution is 2.43. The van der Waals surface area contributed by atoms with Gasteiger partial charge in [-0.15, -0.1) is 0 Å². The van der Waals surface area contributed by atoms with E-state index in [4.69, 9.17) is 24.3 Å². The van der Waals surface area contributed by atoms with Gasteiger partial charge in [-0.25, -0.2) is 4.57 Å². The summed E-state index contributed by atoms with van der Waals surface area (Å²) in [4.78, 5) is 34.9. The van der Waals surface area contributed by atoms with Crippen molar-refractivity contribution in [1.29, 1.82) is 0 Å². The van der Waals surface area contributed by atoms with E-state index in [-0.39, 0.29) is 38.6 Å². The third kappa shape index (κ3) is 46.1. The van der Waals surface area contributed by atoms with Crippen molar-refractivity contribution in [3.8, 4) is 0 Å². The van der Waals surface area contributed by atoms with Gasteiger partial charge < -0.3 is 20.1 Å². The maximum absolute atomic E-state index is 12.6. The molecule has 0 bridgehead atoms. The van der Waals surface area contributed by atoms with E-state index in [1.54, 1.807) is 0 Å². The van der Waals surface area contributed by atoms with Crippen LogP contribution in [0.1, 0.15) is 258 Å². The summed E-state index contributed by atoms with van der Waals surface area (Å²) in [7, 11) is -4.37. The fourth-order valence-electron chi connectivity index (χ4n) is 7.40. The number of ether oxygens (including phenoxy) is 2. The third-order valence-corrected chi connectivity index (χ3v) is 12.1. The molecule has 0 saturated heterocycles. The molecule has 10 heteroatoms. The Morgan fingerprint density at radius 1 is 0.492 bits per heavy atom. The first kappa shape index (κ1) is 57.8. The van der Waals surface area contributed by atoms with Crippen molar-refractivity contribution in [1.82, 2.24) is 0 Å². The summed E-state index contributed by atoms with van der Waals surface area (Å²) < 4.78 is 32.8. The Bertz CT molecular complexity index is 980. The van der Waals surface area contributed by atoms with Gasteiger partial charge in [0.1, 0.15) is 6.61 Å². The Kier molecular flexibility index (Phi) is 45.3. The van der Waals surface area contributed by atoms with E-state index in [9.17, 15) is 19.0 Å². The Hall–Kier alpha value is -1.25. The van der Waals surface area contributed by atoms with Crippen molar-refractivity contribution in [2.24, 2.45) is 5.73 Å². The number of rotatable bonds is 48. The van der Waals surface area contributed by atoms with Crippen molar-refractivity contribution in [3.05, 3.63) is 12.2 Å². The second-order valence-electron chi connectivity index (χ2n) is 17.0. The molecule has 0 spiro atoms. The van der Waals surface area contributed by atoms with Crippen LogP contribution in [0.4, 0.5) is 0 Å². The first-order valence-corrected chi connectivity index (χ1v) is 26.7. The van der Waals surface area contributed by atoms with Crippen molar-refractivity contribution >= 4 is 19.8 Å². The van der Waals surface area contributed by atoms with E-state index >= 15 is 0 Å². The predicted molar refractivity (Wildman–Crippen MR) is 248 cm³/mol. The van der Waals surface area contributed by atoms with Gasteiger partial charge in [-0.1, -0.05) is 219 Å². The minimum Gasteiger partial charge on any atom is -0.462 e. The number of carbonyl (C=O) groups excluding carboxylic acids is 2. The summed E-state index contributed by atoms with van der Waals surface area (Å²) in [5, 5.41) is 0. The van der Waals surface area contributed by atoms with Crippen LogP contribution in [0.25, 0.3) is 0 Å². The van der Waals surface area contributed by atoms with Crippen molar-refractivity contribution in [3.63, 3.8) is 0 Å². The maximum Gasteiger partial charge on any atom is 0.472 e. The molecule has 0 aliphatic heterocycles. The van der Waals surface area contributed by atoms with Crippen LogP contribution in [0, 0.1) is 0 Å². The summed E-state index contributed by atoms with van der Waals surface area (Å²) in [5.41, 5.74) is 5.35. The molecule has 350 valence electrons. The highest BCUT2D eigenvalue weighted by molar-refractivity contribution is 7.47. The van der Waals surface area contributed by atoms with Crippen LogP contribution in [-0.4, -0.2) is 49.3 Å². The number of hydrogen-bond acceptors (Lipinski definition) is 8. The molecule has 0 aliphatic carbocycles. The molecular formula is C49H96NO8P. The molecule has 2 unspecified atom stereocenters. The van der Waals surface area contributed by atoms with Crippen LogP contribution in [0.2, 0.25) is 0 Å². The molecule has 9 nitrogen and oxygen atoms in total. The number of phosphoric acid groups is 1. The van der Waals surface area contributed by atoms with Crippen LogP contribution in [0.15, 0.2) is 12.2 Å². The normalized spacial score (nSPS) is 13.2. The number of phosphoric ester groups is 1. The molecule has 3 N–H and O–H groups in total. The number of esters is 2. The molecule has 0 amide bonds. The highest BCUT2D eigenvalue weighted by atomic mass is 31.2. The van der Waals surface area contributed by atoms with Crippen LogP contribution >= 0.6 is 7.82 Å². The lowest BCUT2D eigenvalue weighted by molar-refractivity contribution is -0.161. The fourth-order valence-corrected chi connectivity index (χ4v) is 8.16. The molecule has 0 aromatic heterocycles. The summed E-state index contributed by atoms with van der Waals surface area (Å²) in [6.07, 6.45) is 49.8. The van der Waals surface area contributed by atoms with E-state index in [1.807, 2.05) is 0 Å². The van der Waals surface area contributed by atoms with Gasteiger partial charge in [0, 0.05) is 19.4 Å². The number of carbonyl (C=O) groups is 2. The molecule has 2 atom stereocenters. The Labute approximate surface area is 364 Å². The number of unbranched alkanes of at least 4 members (excludes halogenated alkanes) is 33. The monoisotopic (exact) mass is 858 g/mol. The number of nitrogens with two attached hydrogens (primary N) is 1. The number of hydrogen-bond donors (Lipinski definition) is 2. The van der Waals surface area contributed by atoms with Gasteiger partial charge in [0.2, 0.25) is 0 Å². The first-order chi connectivity index (χ1) is 28.8. The van der Waals surface area contributed by atoms with Crippen molar-refractivity contribution in [2.45, 2.75) is 264 Å². The molecule has 0 fully saturated rings. The lowest BCUT2D eigenvalue weighted by atomic mass is 10.0. The Balaban J connectivity index is 3.90. The van der Waals surface area contributed by atoms with Crippen LogP contribution in [0.5, 0.6) is 0 Å². The zero-order chi connectivity index (χ0) is 43.2. The fraction of sp³-hybridized carbons (Fsp3) is 0.918. The van der Waals surface area contributed by atoms with E-state index in [0.29, 0.717) is 6.42 Å². The molecule has 0 aromatic carbocycles. The highest BCUT2D eigenvalue weighted by Gasteiger charge is 2.26. The average Bonchev–Trinajstić information content (AvgIpc) is 3.22. The second kappa shape index (κ2) is 46.3. The van der Waals surface area contributed by atoms with Gasteiger partial charge >= 0.3 is 19.8 Å². The van der Waals surface area contributed by atoms with Crippen LogP contribution < -0.4 is 5.73 Å². The van der Waals surface area contributed by atoms with Gasteiger partial charge in [-0.05, 0) is 38.5 Å². The van der Waals surface area contributed by atoms with Crippen LogP contribution in [0.3, 0.4) is 0 Å². The first-order valence-electron chi connectivity index (χ1n) is 25.2. The number of allylic oxidation sites excluding steroid dienone is 2. The molecule has 0 aromatic rings.